The molecule has 0 aliphatic carbocycles. The number of thiophene rings is 1. The summed E-state index contributed by atoms with van der Waals surface area (Å²) in [6, 6.07) is 1.58. The summed E-state index contributed by atoms with van der Waals surface area (Å²) in [6.45, 7) is 3.90. The number of nitrogens with one attached hydrogen (secondary N) is 1. The fourth-order valence-electron chi connectivity index (χ4n) is 1.49. The molecule has 4 nitrogen and oxygen atoms in total. The van der Waals surface area contributed by atoms with Crippen LogP contribution in [0.4, 0.5) is 5.00 Å². The third-order valence-corrected chi connectivity index (χ3v) is 3.31. The van der Waals surface area contributed by atoms with E-state index in [4.69, 9.17) is 5.11 Å². The van der Waals surface area contributed by atoms with E-state index >= 15 is 0 Å². The predicted molar refractivity (Wildman–Crippen MR) is 68.8 cm³/mol. The molecule has 0 radical (unpaired) electrons. The number of aromatic carboxylic acids is 1. The molecule has 1 aromatic rings. The third-order valence-electron chi connectivity index (χ3n) is 2.35. The smallest absolute Gasteiger partial charge is 0.338 e. The van der Waals surface area contributed by atoms with Gasteiger partial charge in [-0.3, -0.25) is 4.79 Å². The second kappa shape index (κ2) is 6.39. The van der Waals surface area contributed by atoms with Gasteiger partial charge in [-0.2, -0.15) is 0 Å². The van der Waals surface area contributed by atoms with E-state index in [1.54, 1.807) is 6.07 Å². The van der Waals surface area contributed by atoms with Crippen LogP contribution in [0.2, 0.25) is 0 Å². The van der Waals surface area contributed by atoms with Crippen LogP contribution >= 0.6 is 11.3 Å². The van der Waals surface area contributed by atoms with Gasteiger partial charge in [0.15, 0.2) is 0 Å². The molecule has 1 amide bonds. The van der Waals surface area contributed by atoms with Crippen molar-refractivity contribution in [1.29, 1.82) is 0 Å². The number of carboxylic acids is 1. The Labute approximate surface area is 105 Å². The highest BCUT2D eigenvalue weighted by atomic mass is 32.1. The summed E-state index contributed by atoms with van der Waals surface area (Å²) in [7, 11) is 0. The first kappa shape index (κ1) is 13.7. The van der Waals surface area contributed by atoms with Gasteiger partial charge in [0.1, 0.15) is 5.00 Å². The van der Waals surface area contributed by atoms with E-state index in [-0.39, 0.29) is 11.5 Å². The van der Waals surface area contributed by atoms with Gasteiger partial charge < -0.3 is 10.4 Å². The van der Waals surface area contributed by atoms with E-state index in [1.807, 2.05) is 6.92 Å². The minimum atomic E-state index is -1.00. The molecule has 0 aliphatic heterocycles. The van der Waals surface area contributed by atoms with Crippen molar-refractivity contribution >= 4 is 28.2 Å². The summed E-state index contributed by atoms with van der Waals surface area (Å²) in [6.07, 6.45) is 3.37. The Morgan fingerprint density at radius 2 is 2.12 bits per heavy atom. The number of carboxylic acid groups (broad SMARTS) is 1. The number of hydrogen-bond acceptors (Lipinski definition) is 3. The van der Waals surface area contributed by atoms with Crippen LogP contribution in [0.25, 0.3) is 0 Å². The van der Waals surface area contributed by atoms with Crippen LogP contribution in [0, 0.1) is 6.92 Å². The average Bonchev–Trinajstić information content (AvgIpc) is 2.60. The number of aryl methyl sites for hydroxylation is 1. The monoisotopic (exact) mass is 255 g/mol. The summed E-state index contributed by atoms with van der Waals surface area (Å²) in [5, 5.41) is 12.1. The molecule has 0 fully saturated rings. The molecule has 94 valence electrons. The summed E-state index contributed by atoms with van der Waals surface area (Å²) >= 11 is 1.30. The minimum absolute atomic E-state index is 0.109. The van der Waals surface area contributed by atoms with Crippen molar-refractivity contribution in [2.75, 3.05) is 5.32 Å². The van der Waals surface area contributed by atoms with Crippen LogP contribution in [0.15, 0.2) is 6.07 Å². The molecule has 2 N–H and O–H groups in total. The van der Waals surface area contributed by atoms with E-state index in [1.165, 1.54) is 11.3 Å². The Morgan fingerprint density at radius 1 is 1.41 bits per heavy atom. The van der Waals surface area contributed by atoms with Crippen molar-refractivity contribution in [3.8, 4) is 0 Å². The first-order valence-electron chi connectivity index (χ1n) is 5.68. The molecule has 5 heteroatoms. The molecule has 0 aliphatic rings. The SMILES string of the molecule is CCCCCC(=O)Nc1sc(C)cc1C(=O)O. The predicted octanol–water partition coefficient (Wildman–Crippen LogP) is 3.27. The topological polar surface area (TPSA) is 66.4 Å². The zero-order valence-corrected chi connectivity index (χ0v) is 10.9. The Bertz CT molecular complexity index is 412. The van der Waals surface area contributed by atoms with Crippen LogP contribution in [0.5, 0.6) is 0 Å². The van der Waals surface area contributed by atoms with Crippen LogP contribution < -0.4 is 5.32 Å². The maximum Gasteiger partial charge on any atom is 0.338 e. The van der Waals surface area contributed by atoms with Gasteiger partial charge in [0, 0.05) is 11.3 Å². The van der Waals surface area contributed by atoms with E-state index in [2.05, 4.69) is 12.2 Å². The van der Waals surface area contributed by atoms with Crippen molar-refractivity contribution in [3.63, 3.8) is 0 Å². The van der Waals surface area contributed by atoms with Gasteiger partial charge in [-0.25, -0.2) is 4.79 Å². The summed E-state index contributed by atoms with van der Waals surface area (Å²) in [5.41, 5.74) is 0.177. The molecule has 0 atom stereocenters. The molecule has 1 rings (SSSR count). The Morgan fingerprint density at radius 3 is 2.71 bits per heavy atom. The second-order valence-electron chi connectivity index (χ2n) is 3.91. The number of rotatable bonds is 6. The molecule has 0 saturated heterocycles. The van der Waals surface area contributed by atoms with Crippen LogP contribution in [0.1, 0.15) is 47.8 Å². The third kappa shape index (κ3) is 4.19. The summed E-state index contributed by atoms with van der Waals surface area (Å²) in [4.78, 5) is 23.4. The van der Waals surface area contributed by atoms with E-state index in [0.717, 1.165) is 24.1 Å². The van der Waals surface area contributed by atoms with Crippen molar-refractivity contribution in [2.24, 2.45) is 0 Å². The molecular weight excluding hydrogens is 238 g/mol. The molecule has 1 heterocycles. The molecule has 0 bridgehead atoms. The average molecular weight is 255 g/mol. The zero-order chi connectivity index (χ0) is 12.8. The fraction of sp³-hybridized carbons (Fsp3) is 0.500. The second-order valence-corrected chi connectivity index (χ2v) is 5.17. The molecule has 0 spiro atoms. The highest BCUT2D eigenvalue weighted by Crippen LogP contribution is 2.27. The lowest BCUT2D eigenvalue weighted by molar-refractivity contribution is -0.116. The Hall–Kier alpha value is -1.36. The number of amides is 1. The maximum absolute atomic E-state index is 11.6. The van der Waals surface area contributed by atoms with Crippen LogP contribution in [-0.2, 0) is 4.79 Å². The van der Waals surface area contributed by atoms with E-state index in [0.29, 0.717) is 11.4 Å². The molecule has 0 aromatic carbocycles. The maximum atomic E-state index is 11.6. The highest BCUT2D eigenvalue weighted by molar-refractivity contribution is 7.16. The summed E-state index contributed by atoms with van der Waals surface area (Å²) < 4.78 is 0. The van der Waals surface area contributed by atoms with Gasteiger partial charge >= 0.3 is 5.97 Å². The van der Waals surface area contributed by atoms with Gasteiger partial charge in [0.2, 0.25) is 5.91 Å². The van der Waals surface area contributed by atoms with E-state index < -0.39 is 5.97 Å². The molecule has 17 heavy (non-hydrogen) atoms. The lowest BCUT2D eigenvalue weighted by atomic mass is 10.2. The normalized spacial score (nSPS) is 10.2. The molecular formula is C12H17NO3S. The number of carbonyl (C=O) groups excluding carboxylic acids is 1. The van der Waals surface area contributed by atoms with Gasteiger partial charge in [-0.15, -0.1) is 11.3 Å². The van der Waals surface area contributed by atoms with Crippen molar-refractivity contribution in [2.45, 2.75) is 39.5 Å². The van der Waals surface area contributed by atoms with Gasteiger partial charge in [-0.1, -0.05) is 19.8 Å². The number of carbonyl (C=O) groups is 2. The highest BCUT2D eigenvalue weighted by Gasteiger charge is 2.15. The standard InChI is InChI=1S/C12H17NO3S/c1-3-4-5-6-10(14)13-11-9(12(15)16)7-8(2)17-11/h7H,3-6H2,1-2H3,(H,13,14)(H,15,16). The van der Waals surface area contributed by atoms with Gasteiger partial charge in [0.25, 0.3) is 0 Å². The first-order valence-corrected chi connectivity index (χ1v) is 6.49. The van der Waals surface area contributed by atoms with Crippen molar-refractivity contribution in [3.05, 3.63) is 16.5 Å². The van der Waals surface area contributed by atoms with Crippen molar-refractivity contribution in [1.82, 2.24) is 0 Å². The number of anilines is 1. The quantitative estimate of drug-likeness (QED) is 0.767. The zero-order valence-electron chi connectivity index (χ0n) is 10.1. The Balaban J connectivity index is 2.61. The number of unbranched alkanes of at least 4 members (excludes halogenated alkanes) is 2. The fourth-order valence-corrected chi connectivity index (χ4v) is 2.41. The Kier molecular flexibility index (Phi) is 5.15. The number of hydrogen-bond donors (Lipinski definition) is 2. The van der Waals surface area contributed by atoms with Gasteiger partial charge in [-0.05, 0) is 19.4 Å². The lowest BCUT2D eigenvalue weighted by Crippen LogP contribution is -2.12. The van der Waals surface area contributed by atoms with Gasteiger partial charge in [0.05, 0.1) is 5.56 Å². The van der Waals surface area contributed by atoms with Crippen molar-refractivity contribution < 1.29 is 14.7 Å². The molecule has 1 aromatic heterocycles. The lowest BCUT2D eigenvalue weighted by Gasteiger charge is -2.03. The minimum Gasteiger partial charge on any atom is -0.478 e. The largest absolute Gasteiger partial charge is 0.478 e. The van der Waals surface area contributed by atoms with E-state index in [9.17, 15) is 9.59 Å². The summed E-state index contributed by atoms with van der Waals surface area (Å²) in [5.74, 6) is -1.11. The molecule has 0 saturated carbocycles. The van der Waals surface area contributed by atoms with Crippen LogP contribution in [-0.4, -0.2) is 17.0 Å². The molecule has 0 unspecified atom stereocenters. The van der Waals surface area contributed by atoms with Crippen LogP contribution in [0.3, 0.4) is 0 Å². The first-order chi connectivity index (χ1) is 8.04.